The van der Waals surface area contributed by atoms with Crippen LogP contribution in [0.3, 0.4) is 0 Å². The molecule has 1 aromatic heterocycles. The van der Waals surface area contributed by atoms with Gasteiger partial charge in [0.05, 0.1) is 16.7 Å². The number of nitrogen functional groups attached to an aromatic ring is 1. The van der Waals surface area contributed by atoms with E-state index in [0.717, 1.165) is 24.3 Å². The lowest BCUT2D eigenvalue weighted by Gasteiger charge is -2.14. The maximum atomic E-state index is 14.9. The van der Waals surface area contributed by atoms with Crippen LogP contribution in [-0.2, 0) is 17.2 Å². The number of nitriles is 1. The Hall–Kier alpha value is -3.36. The second-order valence-electron chi connectivity index (χ2n) is 6.27. The molecular formula is C20H15F4N5OS. The largest absolute Gasteiger partial charge is 0.416 e. The van der Waals surface area contributed by atoms with Crippen LogP contribution in [0.5, 0.6) is 0 Å². The first-order valence-corrected chi connectivity index (χ1v) is 10.00. The third-order valence-electron chi connectivity index (χ3n) is 4.22. The molecule has 11 heteroatoms. The molecule has 0 fully saturated rings. The number of hydrogen-bond acceptors (Lipinski definition) is 5. The van der Waals surface area contributed by atoms with Crippen LogP contribution in [0.2, 0.25) is 0 Å². The maximum Gasteiger partial charge on any atom is 0.416 e. The summed E-state index contributed by atoms with van der Waals surface area (Å²) in [7, 11) is -1.95. The Morgan fingerprint density at radius 2 is 1.90 bits per heavy atom. The number of anilines is 1. The van der Waals surface area contributed by atoms with Crippen LogP contribution in [0, 0.1) is 17.1 Å². The monoisotopic (exact) mass is 449 g/mol. The minimum absolute atomic E-state index is 0.00220. The fraction of sp³-hybridized carbons (Fsp3) is 0.150. The van der Waals surface area contributed by atoms with Crippen molar-refractivity contribution >= 4 is 16.8 Å². The van der Waals surface area contributed by atoms with Crippen molar-refractivity contribution in [2.75, 3.05) is 12.3 Å². The Morgan fingerprint density at radius 3 is 2.52 bits per heavy atom. The topological polar surface area (TPSA) is 105 Å². The summed E-state index contributed by atoms with van der Waals surface area (Å²) in [6, 6.07) is 8.39. The number of benzene rings is 2. The summed E-state index contributed by atoms with van der Waals surface area (Å²) in [6.45, 7) is 1.91. The highest BCUT2D eigenvalue weighted by Gasteiger charge is 2.32. The van der Waals surface area contributed by atoms with E-state index in [1.807, 2.05) is 0 Å². The molecule has 3 aromatic rings. The number of rotatable bonds is 5. The Bertz CT molecular complexity index is 1210. The minimum Gasteiger partial charge on any atom is -0.382 e. The molecule has 0 spiro atoms. The highest BCUT2D eigenvalue weighted by Crippen LogP contribution is 2.36. The predicted molar refractivity (Wildman–Crippen MR) is 107 cm³/mol. The van der Waals surface area contributed by atoms with Gasteiger partial charge in [0.15, 0.2) is 5.69 Å². The highest BCUT2D eigenvalue weighted by molar-refractivity contribution is 7.83. The fourth-order valence-electron chi connectivity index (χ4n) is 2.85. The summed E-state index contributed by atoms with van der Waals surface area (Å²) >= 11 is 0. The number of nitrogens with two attached hydrogens (primary N) is 1. The number of nitrogens with zero attached hydrogens (tertiary/aromatic N) is 3. The minimum atomic E-state index is -4.62. The van der Waals surface area contributed by atoms with Crippen molar-refractivity contribution in [1.82, 2.24) is 14.7 Å². The number of alkyl halides is 3. The van der Waals surface area contributed by atoms with Crippen molar-refractivity contribution in [3.63, 3.8) is 0 Å². The molecule has 0 bridgehead atoms. The molecule has 0 aliphatic rings. The van der Waals surface area contributed by atoms with E-state index in [-0.39, 0.29) is 45.3 Å². The van der Waals surface area contributed by atoms with E-state index in [2.05, 4.69) is 14.7 Å². The van der Waals surface area contributed by atoms with E-state index >= 15 is 0 Å². The molecule has 160 valence electrons. The second-order valence-corrected chi connectivity index (χ2v) is 7.54. The second kappa shape index (κ2) is 8.79. The first kappa shape index (κ1) is 22.3. The molecule has 0 saturated carbocycles. The van der Waals surface area contributed by atoms with Gasteiger partial charge >= 0.3 is 6.18 Å². The highest BCUT2D eigenvalue weighted by atomic mass is 32.2. The van der Waals surface area contributed by atoms with Gasteiger partial charge in [0, 0.05) is 12.1 Å². The van der Waals surface area contributed by atoms with E-state index in [9.17, 15) is 27.0 Å². The van der Waals surface area contributed by atoms with Crippen molar-refractivity contribution in [1.29, 1.82) is 5.26 Å². The molecule has 0 aliphatic carbocycles. The molecular weight excluding hydrogens is 434 g/mol. The third-order valence-corrected chi connectivity index (χ3v) is 5.50. The molecule has 1 unspecified atom stereocenters. The Labute approximate surface area is 177 Å². The summed E-state index contributed by atoms with van der Waals surface area (Å²) in [5.74, 6) is -0.786. The summed E-state index contributed by atoms with van der Waals surface area (Å²) in [6.07, 6.45) is -3.45. The molecule has 1 atom stereocenters. The molecule has 0 radical (unpaired) electrons. The van der Waals surface area contributed by atoms with Crippen LogP contribution in [0.1, 0.15) is 18.2 Å². The quantitative estimate of drug-likeness (QED) is 0.572. The fourth-order valence-corrected chi connectivity index (χ4v) is 3.89. The molecule has 3 N–H and O–H groups in total. The van der Waals surface area contributed by atoms with Gasteiger partial charge in [-0.05, 0) is 35.4 Å². The van der Waals surface area contributed by atoms with Gasteiger partial charge in [-0.3, -0.25) is 0 Å². The standard InChI is InChI=1S/C20H15F4N5OS/c1-2-28-31(30)17-8-12(20(22,23)24)4-6-13(17)11-3-5-14(15(21)7-11)19-16(9-25)29-18(26)10-27-19/h3-8,10,28H,2H2,1H3,(H2,26,29). The summed E-state index contributed by atoms with van der Waals surface area (Å²) in [5, 5.41) is 9.20. The smallest absolute Gasteiger partial charge is 0.382 e. The maximum absolute atomic E-state index is 14.9. The summed E-state index contributed by atoms with van der Waals surface area (Å²) in [4.78, 5) is 7.64. The van der Waals surface area contributed by atoms with E-state index in [1.54, 1.807) is 13.0 Å². The predicted octanol–water partition coefficient (Wildman–Crippen LogP) is 4.05. The van der Waals surface area contributed by atoms with Crippen LogP contribution < -0.4 is 10.5 Å². The van der Waals surface area contributed by atoms with Crippen molar-refractivity contribution in [2.45, 2.75) is 18.0 Å². The molecule has 0 aliphatic heterocycles. The van der Waals surface area contributed by atoms with Crippen molar-refractivity contribution in [3.05, 3.63) is 59.7 Å². The van der Waals surface area contributed by atoms with Gasteiger partial charge in [-0.1, -0.05) is 19.1 Å². The van der Waals surface area contributed by atoms with Crippen molar-refractivity contribution in [3.8, 4) is 28.5 Å². The van der Waals surface area contributed by atoms with Crippen LogP contribution in [-0.4, -0.2) is 20.7 Å². The zero-order chi connectivity index (χ0) is 22.8. The zero-order valence-corrected chi connectivity index (χ0v) is 16.8. The summed E-state index contributed by atoms with van der Waals surface area (Å²) < 4.78 is 69.3. The number of aromatic nitrogens is 2. The van der Waals surface area contributed by atoms with Crippen LogP contribution >= 0.6 is 0 Å². The van der Waals surface area contributed by atoms with Gasteiger partial charge in [0.25, 0.3) is 0 Å². The van der Waals surface area contributed by atoms with Crippen LogP contribution in [0.4, 0.5) is 23.4 Å². The van der Waals surface area contributed by atoms with Gasteiger partial charge in [0.2, 0.25) is 0 Å². The molecule has 1 heterocycles. The Kier molecular flexibility index (Phi) is 6.33. The number of hydrogen-bond donors (Lipinski definition) is 2. The van der Waals surface area contributed by atoms with Gasteiger partial charge in [-0.2, -0.15) is 18.4 Å². The SMILES string of the molecule is CCNS(=O)c1cc(C(F)(F)F)ccc1-c1ccc(-c2ncc(N)nc2C#N)c(F)c1. The first-order valence-electron chi connectivity index (χ1n) is 8.85. The van der Waals surface area contributed by atoms with Crippen molar-refractivity contribution in [2.24, 2.45) is 0 Å². The van der Waals surface area contributed by atoms with E-state index in [4.69, 9.17) is 5.73 Å². The van der Waals surface area contributed by atoms with Gasteiger partial charge in [0.1, 0.15) is 34.4 Å². The van der Waals surface area contributed by atoms with Crippen molar-refractivity contribution < 1.29 is 21.8 Å². The van der Waals surface area contributed by atoms with Gasteiger partial charge < -0.3 is 5.73 Å². The molecule has 3 rings (SSSR count). The van der Waals surface area contributed by atoms with Gasteiger partial charge in [-0.15, -0.1) is 0 Å². The van der Waals surface area contributed by atoms with E-state index in [1.165, 1.54) is 18.3 Å². The Morgan fingerprint density at radius 1 is 1.19 bits per heavy atom. The normalized spacial score (nSPS) is 12.4. The Balaban J connectivity index is 2.13. The lowest BCUT2D eigenvalue weighted by Crippen LogP contribution is -2.18. The van der Waals surface area contributed by atoms with Crippen LogP contribution in [0.25, 0.3) is 22.4 Å². The van der Waals surface area contributed by atoms with Gasteiger partial charge in [-0.25, -0.2) is 23.3 Å². The molecule has 6 nitrogen and oxygen atoms in total. The third kappa shape index (κ3) is 4.70. The molecule has 2 aromatic carbocycles. The average Bonchev–Trinajstić information content (AvgIpc) is 2.73. The lowest BCUT2D eigenvalue weighted by atomic mass is 10.00. The average molecular weight is 449 g/mol. The first-order chi connectivity index (χ1) is 14.7. The molecule has 0 saturated heterocycles. The zero-order valence-electron chi connectivity index (χ0n) is 16.0. The molecule has 31 heavy (non-hydrogen) atoms. The number of halogens is 4. The van der Waals surface area contributed by atoms with Crippen LogP contribution in [0.15, 0.2) is 47.5 Å². The lowest BCUT2D eigenvalue weighted by molar-refractivity contribution is -0.137. The summed E-state index contributed by atoms with van der Waals surface area (Å²) in [5.41, 5.74) is 4.68. The van der Waals surface area contributed by atoms with E-state index in [0.29, 0.717) is 0 Å². The van der Waals surface area contributed by atoms with E-state index < -0.39 is 28.5 Å². The molecule has 0 amide bonds. The number of nitrogens with one attached hydrogen (secondary N) is 1.